The molecule has 0 saturated carbocycles. The molecule has 0 saturated heterocycles. The minimum Gasteiger partial charge on any atom is -0.349 e. The summed E-state index contributed by atoms with van der Waals surface area (Å²) in [6, 6.07) is 0. The van der Waals surface area contributed by atoms with E-state index in [-0.39, 0.29) is 24.3 Å². The average molecular weight is 359 g/mol. The molecular formula is C16H29N3O4S. The number of likely N-dealkylation sites (N-methyl/N-ethyl adjacent to an activating group) is 1. The lowest BCUT2D eigenvalue weighted by molar-refractivity contribution is -0.133. The maximum atomic E-state index is 12.0. The van der Waals surface area contributed by atoms with Crippen molar-refractivity contribution >= 4 is 35.8 Å². The van der Waals surface area contributed by atoms with Crippen molar-refractivity contribution in [3.05, 3.63) is 0 Å². The number of hydrogen-bond acceptors (Lipinski definition) is 5. The first-order valence-electron chi connectivity index (χ1n) is 8.26. The lowest BCUT2D eigenvalue weighted by atomic mass is 10.3. The molecule has 24 heavy (non-hydrogen) atoms. The predicted molar refractivity (Wildman–Crippen MR) is 95.8 cm³/mol. The van der Waals surface area contributed by atoms with Crippen LogP contribution in [0.4, 0.5) is 0 Å². The Hall–Kier alpha value is -1.57. The Balaban J connectivity index is 4.08. The quantitative estimate of drug-likeness (QED) is 0.383. The maximum absolute atomic E-state index is 12.0. The zero-order valence-electron chi connectivity index (χ0n) is 14.9. The third kappa shape index (κ3) is 10.3. The summed E-state index contributed by atoms with van der Waals surface area (Å²) in [5.41, 5.74) is 0. The van der Waals surface area contributed by atoms with Crippen molar-refractivity contribution in [2.45, 2.75) is 33.1 Å². The molecule has 1 N–H and O–H groups in total. The van der Waals surface area contributed by atoms with E-state index in [1.165, 1.54) is 0 Å². The molecule has 0 aromatic carbocycles. The molecule has 0 bridgehead atoms. The van der Waals surface area contributed by atoms with Gasteiger partial charge in [-0.05, 0) is 0 Å². The van der Waals surface area contributed by atoms with E-state index in [1.54, 1.807) is 28.6 Å². The number of nitrogens with one attached hydrogen (secondary N) is 1. The number of nitrogens with zero attached hydrogens (tertiary/aromatic N) is 2. The van der Waals surface area contributed by atoms with Gasteiger partial charge in [-0.15, -0.1) is 0 Å². The summed E-state index contributed by atoms with van der Waals surface area (Å²) >= 11 is 1.59. The number of hydrogen-bond donors (Lipinski definition) is 1. The van der Waals surface area contributed by atoms with Gasteiger partial charge in [-0.25, -0.2) is 0 Å². The van der Waals surface area contributed by atoms with Crippen molar-refractivity contribution in [1.29, 1.82) is 0 Å². The van der Waals surface area contributed by atoms with Gasteiger partial charge in [0.05, 0.1) is 6.54 Å². The Bertz CT molecular complexity index is 418. The van der Waals surface area contributed by atoms with Crippen molar-refractivity contribution in [1.82, 2.24) is 15.1 Å². The molecule has 0 aromatic rings. The van der Waals surface area contributed by atoms with Crippen LogP contribution in [0.5, 0.6) is 0 Å². The zero-order valence-corrected chi connectivity index (χ0v) is 15.7. The monoisotopic (exact) mass is 359 g/mol. The van der Waals surface area contributed by atoms with E-state index in [4.69, 9.17) is 0 Å². The van der Waals surface area contributed by atoms with E-state index in [0.29, 0.717) is 50.9 Å². The van der Waals surface area contributed by atoms with E-state index in [2.05, 4.69) is 5.32 Å². The standard InChI is InChI=1S/C16H29N3O4S/c1-4-15(22)18(3)8-9-19(16(23)5-2)10-13-24-12-6-14(21)17-7-11-20/h11H,4-10,12-13H2,1-3H3,(H,17,21). The molecule has 0 aliphatic carbocycles. The lowest BCUT2D eigenvalue weighted by Gasteiger charge is -2.25. The molecule has 0 fully saturated rings. The Kier molecular flexibility index (Phi) is 12.9. The maximum Gasteiger partial charge on any atom is 0.222 e. The number of carbonyl (C=O) groups is 4. The van der Waals surface area contributed by atoms with Crippen LogP contribution in [0.3, 0.4) is 0 Å². The van der Waals surface area contributed by atoms with Gasteiger partial charge in [-0.2, -0.15) is 11.8 Å². The summed E-state index contributed by atoms with van der Waals surface area (Å²) in [4.78, 5) is 48.4. The molecule has 0 atom stereocenters. The van der Waals surface area contributed by atoms with Crippen LogP contribution in [0.15, 0.2) is 0 Å². The first kappa shape index (κ1) is 22.4. The zero-order chi connectivity index (χ0) is 18.4. The minimum absolute atomic E-state index is 0.0479. The second-order valence-electron chi connectivity index (χ2n) is 5.24. The second kappa shape index (κ2) is 13.8. The molecule has 0 aliphatic rings. The first-order chi connectivity index (χ1) is 11.5. The van der Waals surface area contributed by atoms with Gasteiger partial charge in [-0.1, -0.05) is 13.8 Å². The number of thioether (sulfide) groups is 1. The molecule has 7 nitrogen and oxygen atoms in total. The third-order valence-corrected chi connectivity index (χ3v) is 4.41. The molecule has 0 radical (unpaired) electrons. The Labute approximate surface area is 148 Å². The van der Waals surface area contributed by atoms with Crippen LogP contribution in [0, 0.1) is 0 Å². The number of amides is 3. The summed E-state index contributed by atoms with van der Waals surface area (Å²) in [6.07, 6.45) is 1.90. The van der Waals surface area contributed by atoms with Gasteiger partial charge in [0, 0.05) is 57.5 Å². The van der Waals surface area contributed by atoms with Gasteiger partial charge in [0.2, 0.25) is 17.7 Å². The fraction of sp³-hybridized carbons (Fsp3) is 0.750. The summed E-state index contributed by atoms with van der Waals surface area (Å²) < 4.78 is 0. The van der Waals surface area contributed by atoms with Gasteiger partial charge in [0.25, 0.3) is 0 Å². The van der Waals surface area contributed by atoms with Crippen molar-refractivity contribution < 1.29 is 19.2 Å². The van der Waals surface area contributed by atoms with Crippen LogP contribution in [0.25, 0.3) is 0 Å². The Morgan fingerprint density at radius 2 is 1.67 bits per heavy atom. The van der Waals surface area contributed by atoms with Crippen LogP contribution in [0.2, 0.25) is 0 Å². The number of rotatable bonds is 13. The van der Waals surface area contributed by atoms with E-state index >= 15 is 0 Å². The summed E-state index contributed by atoms with van der Waals surface area (Å²) in [6.45, 7) is 5.33. The van der Waals surface area contributed by atoms with Crippen molar-refractivity contribution in [3.63, 3.8) is 0 Å². The third-order valence-electron chi connectivity index (χ3n) is 3.45. The van der Waals surface area contributed by atoms with Gasteiger partial charge in [0.1, 0.15) is 6.29 Å². The molecule has 138 valence electrons. The van der Waals surface area contributed by atoms with Gasteiger partial charge in [0.15, 0.2) is 0 Å². The van der Waals surface area contributed by atoms with Crippen LogP contribution in [-0.4, -0.2) is 78.5 Å². The highest BCUT2D eigenvalue weighted by Gasteiger charge is 2.13. The fourth-order valence-electron chi connectivity index (χ4n) is 1.94. The number of aldehydes is 1. The molecule has 3 amide bonds. The predicted octanol–water partition coefficient (Wildman–Crippen LogP) is 0.532. The second-order valence-corrected chi connectivity index (χ2v) is 6.46. The topological polar surface area (TPSA) is 86.8 Å². The van der Waals surface area contributed by atoms with E-state index in [1.807, 2.05) is 13.8 Å². The summed E-state index contributed by atoms with van der Waals surface area (Å²) in [5, 5.41) is 2.49. The number of carbonyl (C=O) groups excluding carboxylic acids is 4. The largest absolute Gasteiger partial charge is 0.349 e. The highest BCUT2D eigenvalue weighted by molar-refractivity contribution is 7.99. The molecule has 0 aliphatic heterocycles. The molecular weight excluding hydrogens is 330 g/mol. The Morgan fingerprint density at radius 3 is 2.25 bits per heavy atom. The molecule has 0 rings (SSSR count). The van der Waals surface area contributed by atoms with Crippen LogP contribution < -0.4 is 5.32 Å². The van der Waals surface area contributed by atoms with Crippen LogP contribution in [-0.2, 0) is 19.2 Å². The minimum atomic E-state index is -0.143. The smallest absolute Gasteiger partial charge is 0.222 e. The molecule has 0 heterocycles. The summed E-state index contributed by atoms with van der Waals surface area (Å²) in [5.74, 6) is 1.37. The van der Waals surface area contributed by atoms with Gasteiger partial charge < -0.3 is 19.9 Å². The molecule has 8 heteroatoms. The van der Waals surface area contributed by atoms with Gasteiger partial charge in [-0.3, -0.25) is 14.4 Å². The lowest BCUT2D eigenvalue weighted by Crippen LogP contribution is -2.40. The van der Waals surface area contributed by atoms with Crippen molar-refractivity contribution in [3.8, 4) is 0 Å². The van der Waals surface area contributed by atoms with Crippen LogP contribution >= 0.6 is 11.8 Å². The molecule has 0 unspecified atom stereocenters. The van der Waals surface area contributed by atoms with Crippen LogP contribution in [0.1, 0.15) is 33.1 Å². The van der Waals surface area contributed by atoms with E-state index in [9.17, 15) is 19.2 Å². The van der Waals surface area contributed by atoms with Gasteiger partial charge >= 0.3 is 0 Å². The SMILES string of the molecule is CCC(=O)N(C)CCN(CCSCCC(=O)NCC=O)C(=O)CC. The molecule has 0 aromatic heterocycles. The molecule has 0 spiro atoms. The average Bonchev–Trinajstić information content (AvgIpc) is 2.60. The van der Waals surface area contributed by atoms with E-state index < -0.39 is 0 Å². The highest BCUT2D eigenvalue weighted by atomic mass is 32.2. The van der Waals surface area contributed by atoms with Crippen molar-refractivity contribution in [2.75, 3.05) is 44.7 Å². The highest BCUT2D eigenvalue weighted by Crippen LogP contribution is 2.05. The Morgan fingerprint density at radius 1 is 1.00 bits per heavy atom. The normalized spacial score (nSPS) is 10.1. The van der Waals surface area contributed by atoms with Crippen molar-refractivity contribution in [2.24, 2.45) is 0 Å². The fourth-order valence-corrected chi connectivity index (χ4v) is 2.82. The summed E-state index contributed by atoms with van der Waals surface area (Å²) in [7, 11) is 1.74. The van der Waals surface area contributed by atoms with E-state index in [0.717, 1.165) is 5.75 Å². The first-order valence-corrected chi connectivity index (χ1v) is 9.41.